The largest absolute Gasteiger partial charge is 0.366 e. The van der Waals surface area contributed by atoms with Gasteiger partial charge < -0.3 is 4.74 Å². The lowest BCUT2D eigenvalue weighted by Crippen LogP contribution is -2.15. The van der Waals surface area contributed by atoms with Crippen LogP contribution in [0.15, 0.2) is 0 Å². The minimum absolute atomic E-state index is 0.515. The molecule has 0 spiro atoms. The summed E-state index contributed by atoms with van der Waals surface area (Å²) in [5.74, 6) is 2.00. The molecule has 1 fully saturated rings. The fourth-order valence-electron chi connectivity index (χ4n) is 1.65. The van der Waals surface area contributed by atoms with E-state index in [1.807, 2.05) is 11.8 Å². The fourth-order valence-corrected chi connectivity index (χ4v) is 2.87. The van der Waals surface area contributed by atoms with Crippen LogP contribution < -0.4 is 0 Å². The molecule has 1 nitrogen and oxygen atoms in total. The molecule has 0 saturated carbocycles. The van der Waals surface area contributed by atoms with E-state index >= 15 is 0 Å². The lowest BCUT2D eigenvalue weighted by molar-refractivity contribution is 0.0936. The van der Waals surface area contributed by atoms with Crippen LogP contribution in [-0.2, 0) is 4.74 Å². The first-order valence-corrected chi connectivity index (χ1v) is 6.16. The van der Waals surface area contributed by atoms with Crippen molar-refractivity contribution in [2.24, 2.45) is 5.92 Å². The zero-order valence-corrected chi connectivity index (χ0v) is 9.03. The molecule has 1 heterocycles. The number of hydrogen-bond donors (Lipinski definition) is 0. The Morgan fingerprint density at radius 1 is 1.50 bits per heavy atom. The molecular weight excluding hydrogens is 168 g/mol. The van der Waals surface area contributed by atoms with Gasteiger partial charge in [0.15, 0.2) is 0 Å². The van der Waals surface area contributed by atoms with Crippen LogP contribution in [0.5, 0.6) is 0 Å². The Balaban J connectivity index is 2.22. The molecule has 0 amide bonds. The average molecular weight is 188 g/mol. The van der Waals surface area contributed by atoms with E-state index in [-0.39, 0.29) is 0 Å². The Morgan fingerprint density at radius 2 is 2.33 bits per heavy atom. The van der Waals surface area contributed by atoms with Crippen molar-refractivity contribution in [3.8, 4) is 0 Å². The van der Waals surface area contributed by atoms with Gasteiger partial charge in [-0.15, -0.1) is 11.8 Å². The predicted octanol–water partition coefficient (Wildman–Crippen LogP) is 3.29. The van der Waals surface area contributed by atoms with E-state index in [0.29, 0.717) is 5.44 Å². The summed E-state index contributed by atoms with van der Waals surface area (Å²) in [5, 5.41) is 0. The molecule has 0 aromatic carbocycles. The highest BCUT2D eigenvalue weighted by atomic mass is 32.2. The Morgan fingerprint density at radius 3 is 2.83 bits per heavy atom. The van der Waals surface area contributed by atoms with Gasteiger partial charge in [0.05, 0.1) is 6.61 Å². The molecule has 0 radical (unpaired) electrons. The van der Waals surface area contributed by atoms with E-state index in [1.54, 1.807) is 0 Å². The van der Waals surface area contributed by atoms with Crippen molar-refractivity contribution in [2.45, 2.75) is 45.0 Å². The summed E-state index contributed by atoms with van der Waals surface area (Å²) in [6, 6.07) is 0. The van der Waals surface area contributed by atoms with Crippen LogP contribution in [0.2, 0.25) is 0 Å². The van der Waals surface area contributed by atoms with Crippen LogP contribution in [0.1, 0.15) is 39.5 Å². The van der Waals surface area contributed by atoms with Gasteiger partial charge in [0, 0.05) is 5.75 Å². The second kappa shape index (κ2) is 5.87. The van der Waals surface area contributed by atoms with Crippen LogP contribution in [0.4, 0.5) is 0 Å². The van der Waals surface area contributed by atoms with Crippen molar-refractivity contribution >= 4 is 11.8 Å². The molecule has 2 heteroatoms. The number of unbranched alkanes of at least 4 members (excludes halogenated alkanes) is 1. The highest BCUT2D eigenvalue weighted by molar-refractivity contribution is 8.00. The van der Waals surface area contributed by atoms with Crippen LogP contribution in [-0.4, -0.2) is 17.8 Å². The van der Waals surface area contributed by atoms with Gasteiger partial charge in [-0.1, -0.05) is 26.7 Å². The summed E-state index contributed by atoms with van der Waals surface area (Å²) in [6.45, 7) is 5.51. The molecule has 12 heavy (non-hydrogen) atoms. The van der Waals surface area contributed by atoms with Gasteiger partial charge in [-0.3, -0.25) is 0 Å². The molecular formula is C10H20OS. The van der Waals surface area contributed by atoms with Crippen molar-refractivity contribution in [3.05, 3.63) is 0 Å². The number of rotatable bonds is 5. The van der Waals surface area contributed by atoms with Crippen molar-refractivity contribution in [1.82, 2.24) is 0 Å². The lowest BCUT2D eigenvalue weighted by Gasteiger charge is -2.20. The Kier molecular flexibility index (Phi) is 5.08. The first kappa shape index (κ1) is 10.4. The molecule has 0 aromatic rings. The zero-order chi connectivity index (χ0) is 8.81. The third-order valence-corrected chi connectivity index (χ3v) is 3.74. The molecule has 1 rings (SSSR count). The minimum atomic E-state index is 0.515. The lowest BCUT2D eigenvalue weighted by atomic mass is 10.0. The molecule has 0 bridgehead atoms. The summed E-state index contributed by atoms with van der Waals surface area (Å²) in [5.41, 5.74) is 0.515. The average Bonchev–Trinajstić information content (AvgIpc) is 2.59. The van der Waals surface area contributed by atoms with Crippen LogP contribution in [0.3, 0.4) is 0 Å². The van der Waals surface area contributed by atoms with E-state index < -0.39 is 0 Å². The van der Waals surface area contributed by atoms with Gasteiger partial charge in [-0.25, -0.2) is 0 Å². The van der Waals surface area contributed by atoms with Gasteiger partial charge in [0.2, 0.25) is 0 Å². The summed E-state index contributed by atoms with van der Waals surface area (Å²) in [4.78, 5) is 0. The maximum Gasteiger partial charge on any atom is 0.106 e. The standard InChI is InChI=1S/C10H20OS/c1-3-5-6-9(4-2)10-11-7-8-12-10/h9-10H,3-8H2,1-2H3/t9-,10+/m0/s1. The van der Waals surface area contributed by atoms with Crippen molar-refractivity contribution < 1.29 is 4.74 Å². The van der Waals surface area contributed by atoms with Gasteiger partial charge in [-0.2, -0.15) is 0 Å². The number of hydrogen-bond acceptors (Lipinski definition) is 2. The maximum absolute atomic E-state index is 5.67. The maximum atomic E-state index is 5.67. The van der Waals surface area contributed by atoms with Crippen LogP contribution >= 0.6 is 11.8 Å². The second-order valence-electron chi connectivity index (χ2n) is 3.42. The Bertz CT molecular complexity index is 110. The predicted molar refractivity (Wildman–Crippen MR) is 55.5 cm³/mol. The Labute approximate surface area is 80.3 Å². The number of ether oxygens (including phenoxy) is 1. The molecule has 0 N–H and O–H groups in total. The summed E-state index contributed by atoms with van der Waals surface area (Å²) in [6.07, 6.45) is 5.30. The van der Waals surface area contributed by atoms with Gasteiger partial charge in [0.1, 0.15) is 5.44 Å². The smallest absolute Gasteiger partial charge is 0.106 e. The summed E-state index contributed by atoms with van der Waals surface area (Å²) < 4.78 is 5.67. The van der Waals surface area contributed by atoms with Crippen molar-refractivity contribution in [3.63, 3.8) is 0 Å². The van der Waals surface area contributed by atoms with Crippen molar-refractivity contribution in [1.29, 1.82) is 0 Å². The van der Waals surface area contributed by atoms with E-state index in [2.05, 4.69) is 13.8 Å². The molecule has 1 aliphatic heterocycles. The van der Waals surface area contributed by atoms with Crippen molar-refractivity contribution in [2.75, 3.05) is 12.4 Å². The van der Waals surface area contributed by atoms with Gasteiger partial charge >= 0.3 is 0 Å². The normalized spacial score (nSPS) is 26.0. The van der Waals surface area contributed by atoms with E-state index in [0.717, 1.165) is 12.5 Å². The van der Waals surface area contributed by atoms with E-state index in [1.165, 1.54) is 31.4 Å². The second-order valence-corrected chi connectivity index (χ2v) is 4.63. The molecule has 1 saturated heterocycles. The van der Waals surface area contributed by atoms with E-state index in [9.17, 15) is 0 Å². The highest BCUT2D eigenvalue weighted by Crippen LogP contribution is 2.31. The topological polar surface area (TPSA) is 9.23 Å². The zero-order valence-electron chi connectivity index (χ0n) is 8.21. The molecule has 1 aliphatic rings. The molecule has 0 aliphatic carbocycles. The van der Waals surface area contributed by atoms with Gasteiger partial charge in [0.25, 0.3) is 0 Å². The van der Waals surface area contributed by atoms with E-state index in [4.69, 9.17) is 4.74 Å². The van der Waals surface area contributed by atoms with Crippen LogP contribution in [0, 0.1) is 5.92 Å². The SMILES string of the molecule is CCCC[C@H](CC)[C@@H]1OCCS1. The van der Waals surface area contributed by atoms with Gasteiger partial charge in [-0.05, 0) is 18.8 Å². The molecule has 72 valence electrons. The minimum Gasteiger partial charge on any atom is -0.366 e. The van der Waals surface area contributed by atoms with Crippen LogP contribution in [0.25, 0.3) is 0 Å². The third-order valence-electron chi connectivity index (χ3n) is 2.49. The monoisotopic (exact) mass is 188 g/mol. The quantitative estimate of drug-likeness (QED) is 0.654. The Hall–Kier alpha value is 0.310. The summed E-state index contributed by atoms with van der Waals surface area (Å²) >= 11 is 2.00. The fraction of sp³-hybridized carbons (Fsp3) is 1.00. The summed E-state index contributed by atoms with van der Waals surface area (Å²) in [7, 11) is 0. The highest BCUT2D eigenvalue weighted by Gasteiger charge is 2.24. The molecule has 0 aromatic heterocycles. The number of thioether (sulfide) groups is 1. The molecule has 0 unspecified atom stereocenters. The first-order chi connectivity index (χ1) is 5.88. The first-order valence-electron chi connectivity index (χ1n) is 5.11. The molecule has 2 atom stereocenters. The third kappa shape index (κ3) is 2.98.